The minimum absolute atomic E-state index is 0.260. The number of rotatable bonds is 4. The standard InChI is InChI=1S/C15H14Br2ClN/c1-10(13-4-2-3-5-14(13)17)19-9-11-6-7-12(16)8-15(11)18/h2-8,10,19H,9H2,1H3/t10-/m1/s1. The van der Waals surface area contributed by atoms with Crippen LogP contribution in [-0.2, 0) is 6.54 Å². The van der Waals surface area contributed by atoms with Crippen LogP contribution in [0.3, 0.4) is 0 Å². The molecule has 2 rings (SSSR count). The lowest BCUT2D eigenvalue weighted by molar-refractivity contribution is 0.573. The van der Waals surface area contributed by atoms with E-state index in [9.17, 15) is 0 Å². The Morgan fingerprint density at radius 3 is 2.58 bits per heavy atom. The summed E-state index contributed by atoms with van der Waals surface area (Å²) >= 11 is 13.2. The molecule has 2 aromatic rings. The molecule has 1 atom stereocenters. The summed E-state index contributed by atoms with van der Waals surface area (Å²) in [4.78, 5) is 0. The average Bonchev–Trinajstić information content (AvgIpc) is 2.38. The van der Waals surface area contributed by atoms with Gasteiger partial charge < -0.3 is 5.32 Å². The highest BCUT2D eigenvalue weighted by atomic mass is 79.9. The molecule has 0 bridgehead atoms. The largest absolute Gasteiger partial charge is 0.306 e. The van der Waals surface area contributed by atoms with Gasteiger partial charge in [-0.05, 0) is 36.2 Å². The van der Waals surface area contributed by atoms with Crippen LogP contribution in [-0.4, -0.2) is 0 Å². The first-order valence-corrected chi connectivity index (χ1v) is 7.96. The van der Waals surface area contributed by atoms with Crippen LogP contribution >= 0.6 is 43.5 Å². The molecule has 0 aliphatic carbocycles. The van der Waals surface area contributed by atoms with Gasteiger partial charge in [-0.25, -0.2) is 0 Å². The predicted octanol–water partition coefficient (Wildman–Crippen LogP) is 5.72. The van der Waals surface area contributed by atoms with Crippen molar-refractivity contribution in [2.24, 2.45) is 0 Å². The van der Waals surface area contributed by atoms with Gasteiger partial charge in [0, 0.05) is 26.6 Å². The van der Waals surface area contributed by atoms with Crippen molar-refractivity contribution < 1.29 is 0 Å². The zero-order valence-corrected chi connectivity index (χ0v) is 14.4. The maximum Gasteiger partial charge on any atom is 0.0462 e. The summed E-state index contributed by atoms with van der Waals surface area (Å²) in [7, 11) is 0. The van der Waals surface area contributed by atoms with Gasteiger partial charge in [-0.2, -0.15) is 0 Å². The maximum atomic E-state index is 6.21. The zero-order chi connectivity index (χ0) is 13.8. The Kier molecular flexibility index (Phi) is 5.46. The van der Waals surface area contributed by atoms with Gasteiger partial charge in [0.1, 0.15) is 0 Å². The fourth-order valence-corrected chi connectivity index (χ4v) is 3.23. The fourth-order valence-electron chi connectivity index (χ4n) is 1.86. The van der Waals surface area contributed by atoms with E-state index in [0.717, 1.165) is 26.1 Å². The van der Waals surface area contributed by atoms with E-state index in [0.29, 0.717) is 0 Å². The van der Waals surface area contributed by atoms with Gasteiger partial charge in [-0.15, -0.1) is 0 Å². The number of hydrogen-bond donors (Lipinski definition) is 1. The molecule has 4 heteroatoms. The lowest BCUT2D eigenvalue weighted by Gasteiger charge is -2.16. The molecule has 0 radical (unpaired) electrons. The predicted molar refractivity (Wildman–Crippen MR) is 88.5 cm³/mol. The number of halogens is 3. The molecule has 2 aromatic carbocycles. The van der Waals surface area contributed by atoms with Crippen molar-refractivity contribution in [2.45, 2.75) is 19.5 Å². The lowest BCUT2D eigenvalue weighted by Crippen LogP contribution is -2.18. The van der Waals surface area contributed by atoms with Crippen molar-refractivity contribution in [3.8, 4) is 0 Å². The molecular formula is C15H14Br2ClN. The Morgan fingerprint density at radius 1 is 1.16 bits per heavy atom. The van der Waals surface area contributed by atoms with E-state index >= 15 is 0 Å². The molecule has 0 aromatic heterocycles. The zero-order valence-electron chi connectivity index (χ0n) is 10.5. The molecule has 1 N–H and O–H groups in total. The normalized spacial score (nSPS) is 12.4. The van der Waals surface area contributed by atoms with Crippen LogP contribution in [0.4, 0.5) is 0 Å². The summed E-state index contributed by atoms with van der Waals surface area (Å²) in [5.74, 6) is 0. The quantitative estimate of drug-likeness (QED) is 0.689. The van der Waals surface area contributed by atoms with Gasteiger partial charge >= 0.3 is 0 Å². The Hall–Kier alpha value is -0.350. The summed E-state index contributed by atoms with van der Waals surface area (Å²) < 4.78 is 2.12. The molecule has 0 aliphatic rings. The van der Waals surface area contributed by atoms with Crippen molar-refractivity contribution in [3.05, 3.63) is 67.6 Å². The van der Waals surface area contributed by atoms with Crippen LogP contribution in [0.2, 0.25) is 5.02 Å². The molecular weight excluding hydrogens is 389 g/mol. The molecule has 0 amide bonds. The van der Waals surface area contributed by atoms with Gasteiger partial charge in [0.25, 0.3) is 0 Å². The molecule has 0 aliphatic heterocycles. The number of hydrogen-bond acceptors (Lipinski definition) is 1. The molecule has 0 unspecified atom stereocenters. The highest BCUT2D eigenvalue weighted by Gasteiger charge is 2.09. The molecule has 0 spiro atoms. The van der Waals surface area contributed by atoms with Gasteiger partial charge in [0.15, 0.2) is 0 Å². The van der Waals surface area contributed by atoms with Crippen LogP contribution in [0.5, 0.6) is 0 Å². The molecule has 0 saturated carbocycles. The second-order valence-corrected chi connectivity index (χ2v) is 6.54. The van der Waals surface area contributed by atoms with E-state index in [2.05, 4.69) is 56.2 Å². The number of nitrogens with one attached hydrogen (secondary N) is 1. The maximum absolute atomic E-state index is 6.21. The van der Waals surface area contributed by atoms with Crippen LogP contribution in [0, 0.1) is 0 Å². The minimum atomic E-state index is 0.260. The first kappa shape index (κ1) is 15.0. The third kappa shape index (κ3) is 4.06. The molecule has 0 saturated heterocycles. The molecule has 19 heavy (non-hydrogen) atoms. The Labute approximate surface area is 135 Å². The molecule has 100 valence electrons. The number of benzene rings is 2. The van der Waals surface area contributed by atoms with E-state index in [1.54, 1.807) is 0 Å². The summed E-state index contributed by atoms with van der Waals surface area (Å²) in [6, 6.07) is 14.5. The first-order chi connectivity index (χ1) is 9.08. The van der Waals surface area contributed by atoms with Gasteiger partial charge in [-0.3, -0.25) is 0 Å². The van der Waals surface area contributed by atoms with Crippen molar-refractivity contribution in [1.82, 2.24) is 5.32 Å². The summed E-state index contributed by atoms with van der Waals surface area (Å²) in [6.45, 7) is 2.89. The second-order valence-electron chi connectivity index (χ2n) is 4.36. The third-order valence-electron chi connectivity index (χ3n) is 2.99. The minimum Gasteiger partial charge on any atom is -0.306 e. The Balaban J connectivity index is 2.04. The van der Waals surface area contributed by atoms with Crippen LogP contribution in [0.25, 0.3) is 0 Å². The van der Waals surface area contributed by atoms with E-state index in [1.807, 2.05) is 30.3 Å². The Morgan fingerprint density at radius 2 is 1.89 bits per heavy atom. The van der Waals surface area contributed by atoms with Crippen LogP contribution in [0.15, 0.2) is 51.4 Å². The van der Waals surface area contributed by atoms with E-state index in [4.69, 9.17) is 11.6 Å². The SMILES string of the molecule is C[C@@H](NCc1ccc(Br)cc1Cl)c1ccccc1Br. The first-order valence-electron chi connectivity index (χ1n) is 5.99. The van der Waals surface area contributed by atoms with Gasteiger partial charge in [0.2, 0.25) is 0 Å². The van der Waals surface area contributed by atoms with E-state index in [-0.39, 0.29) is 6.04 Å². The van der Waals surface area contributed by atoms with E-state index in [1.165, 1.54) is 5.56 Å². The molecule has 1 nitrogen and oxygen atoms in total. The molecule has 0 fully saturated rings. The smallest absolute Gasteiger partial charge is 0.0462 e. The van der Waals surface area contributed by atoms with Crippen molar-refractivity contribution in [2.75, 3.05) is 0 Å². The fraction of sp³-hybridized carbons (Fsp3) is 0.200. The second kappa shape index (κ2) is 6.89. The molecule has 0 heterocycles. The van der Waals surface area contributed by atoms with Crippen molar-refractivity contribution in [3.63, 3.8) is 0 Å². The highest BCUT2D eigenvalue weighted by molar-refractivity contribution is 9.10. The van der Waals surface area contributed by atoms with Crippen LogP contribution < -0.4 is 5.32 Å². The van der Waals surface area contributed by atoms with Gasteiger partial charge in [0.05, 0.1) is 0 Å². The van der Waals surface area contributed by atoms with Gasteiger partial charge in [-0.1, -0.05) is 67.7 Å². The monoisotopic (exact) mass is 401 g/mol. The highest BCUT2D eigenvalue weighted by Crippen LogP contribution is 2.25. The summed E-state index contributed by atoms with van der Waals surface area (Å²) in [5.41, 5.74) is 2.35. The van der Waals surface area contributed by atoms with Crippen molar-refractivity contribution in [1.29, 1.82) is 0 Å². The van der Waals surface area contributed by atoms with Crippen molar-refractivity contribution >= 4 is 43.5 Å². The van der Waals surface area contributed by atoms with E-state index < -0.39 is 0 Å². The summed E-state index contributed by atoms with van der Waals surface area (Å²) in [5, 5.41) is 4.27. The van der Waals surface area contributed by atoms with Crippen LogP contribution in [0.1, 0.15) is 24.1 Å². The summed E-state index contributed by atoms with van der Waals surface area (Å²) in [6.07, 6.45) is 0. The Bertz CT molecular complexity index is 572. The third-order valence-corrected chi connectivity index (χ3v) is 4.55. The average molecular weight is 404 g/mol. The lowest BCUT2D eigenvalue weighted by atomic mass is 10.1. The topological polar surface area (TPSA) is 12.0 Å².